The van der Waals surface area contributed by atoms with E-state index < -0.39 is 0 Å². The summed E-state index contributed by atoms with van der Waals surface area (Å²) in [4.78, 5) is 4.45. The molecule has 0 aliphatic carbocycles. The Labute approximate surface area is 284 Å². The molecule has 0 N–H and O–H groups in total. The van der Waals surface area contributed by atoms with E-state index in [1.54, 1.807) is 0 Å². The third kappa shape index (κ3) is 13.3. The van der Waals surface area contributed by atoms with E-state index in [-0.39, 0.29) is 24.8 Å². The molecule has 2 heterocycles. The average Bonchev–Trinajstić information content (AvgIpc) is 3.66. The number of benzene rings is 3. The fourth-order valence-electron chi connectivity index (χ4n) is 5.56. The largest absolute Gasteiger partial charge is 1.00 e. The Kier molecular flexibility index (Phi) is 18.7. The molecule has 0 bridgehead atoms. The van der Waals surface area contributed by atoms with Crippen molar-refractivity contribution < 1.29 is 17.0 Å². The number of aryl methyl sites for hydroxylation is 1. The zero-order valence-corrected chi connectivity index (χ0v) is 28.8. The lowest BCUT2D eigenvalue weighted by Crippen LogP contribution is -3.00. The van der Waals surface area contributed by atoms with Crippen molar-refractivity contribution in [1.29, 1.82) is 0 Å². The van der Waals surface area contributed by atoms with E-state index in [0.717, 1.165) is 31.0 Å². The molecule has 0 amide bonds. The smallest absolute Gasteiger partial charge is 0.253 e. The summed E-state index contributed by atoms with van der Waals surface area (Å²) in [5.74, 6) is 2.37. The zero-order valence-electron chi connectivity index (χ0n) is 27.2. The first-order chi connectivity index (χ1) is 21.2. The first-order valence-corrected chi connectivity index (χ1v) is 16.4. The van der Waals surface area contributed by atoms with E-state index in [9.17, 15) is 0 Å². The quantitative estimate of drug-likeness (QED) is 0.0831. The normalized spacial score (nSPS) is 10.4. The molecule has 0 aliphatic heterocycles. The molecule has 0 atom stereocenters. The summed E-state index contributed by atoms with van der Waals surface area (Å²) in [6.45, 7) is 7.50. The van der Waals surface area contributed by atoms with Crippen LogP contribution in [0.3, 0.4) is 0 Å². The van der Waals surface area contributed by atoms with Gasteiger partial charge in [-0.25, -0.2) is 14.1 Å². The topological polar surface area (TPSA) is 26.6 Å². The van der Waals surface area contributed by atoms with Gasteiger partial charge in [0, 0.05) is 31.4 Å². The van der Waals surface area contributed by atoms with Gasteiger partial charge >= 0.3 is 0 Å². The van der Waals surface area contributed by atoms with E-state index in [2.05, 4.69) is 112 Å². The predicted molar refractivity (Wildman–Crippen MR) is 187 cm³/mol. The van der Waals surface area contributed by atoms with Crippen LogP contribution in [0, 0.1) is 6.92 Å². The van der Waals surface area contributed by atoms with Crippen molar-refractivity contribution in [2.24, 2.45) is 0 Å². The van der Waals surface area contributed by atoms with Crippen LogP contribution < -0.4 is 17.0 Å². The third-order valence-electron chi connectivity index (χ3n) is 8.15. The molecule has 0 saturated carbocycles. The highest BCUT2D eigenvalue weighted by molar-refractivity contribution is 5.85. The van der Waals surface area contributed by atoms with Gasteiger partial charge in [0.15, 0.2) is 0 Å². The van der Waals surface area contributed by atoms with Crippen molar-refractivity contribution in [3.05, 3.63) is 133 Å². The number of halogens is 2. The summed E-state index contributed by atoms with van der Waals surface area (Å²) >= 11 is 0. The molecular weight excluding hydrogens is 595 g/mol. The first kappa shape index (κ1) is 37.8. The second-order valence-electron chi connectivity index (χ2n) is 11.6. The van der Waals surface area contributed by atoms with Gasteiger partial charge < -0.3 is 17.0 Å². The SMILES string of the molecule is CCCCCCCCCCCCn1cc[n+](Cc2ccccc2)c1C.Cl.[Cl-].c1ccc(Cn2ccnc2-c2ccccc2)cc1. The summed E-state index contributed by atoms with van der Waals surface area (Å²) in [5, 5.41) is 0. The maximum atomic E-state index is 4.45. The monoisotopic (exact) mass is 646 g/mol. The Morgan fingerprint density at radius 3 is 1.76 bits per heavy atom. The van der Waals surface area contributed by atoms with E-state index in [1.807, 2.05) is 36.7 Å². The number of hydrogen-bond acceptors (Lipinski definition) is 1. The second-order valence-corrected chi connectivity index (χ2v) is 11.6. The van der Waals surface area contributed by atoms with Gasteiger partial charge in [0.2, 0.25) is 0 Å². The molecule has 0 saturated heterocycles. The van der Waals surface area contributed by atoms with Crippen molar-refractivity contribution in [2.45, 2.75) is 97.7 Å². The molecular formula is C39H52Cl2N4. The average molecular weight is 648 g/mol. The third-order valence-corrected chi connectivity index (χ3v) is 8.15. The summed E-state index contributed by atoms with van der Waals surface area (Å²) in [6.07, 6.45) is 22.4. The van der Waals surface area contributed by atoms with Gasteiger partial charge in [-0.3, -0.25) is 0 Å². The number of rotatable bonds is 16. The van der Waals surface area contributed by atoms with Gasteiger partial charge in [0.1, 0.15) is 24.8 Å². The van der Waals surface area contributed by atoms with Gasteiger partial charge in [-0.15, -0.1) is 12.4 Å². The minimum Gasteiger partial charge on any atom is -1.00 e. The Hall–Kier alpha value is -3.34. The van der Waals surface area contributed by atoms with Crippen LogP contribution >= 0.6 is 12.4 Å². The van der Waals surface area contributed by atoms with E-state index >= 15 is 0 Å². The molecule has 4 nitrogen and oxygen atoms in total. The number of unbranched alkanes of at least 4 members (excludes halogenated alkanes) is 9. The van der Waals surface area contributed by atoms with Crippen LogP contribution in [-0.2, 0) is 19.6 Å². The fourth-order valence-corrected chi connectivity index (χ4v) is 5.56. The number of aromatic nitrogens is 4. The van der Waals surface area contributed by atoms with Crippen LogP contribution in [0.25, 0.3) is 11.4 Å². The van der Waals surface area contributed by atoms with Crippen LogP contribution in [0.4, 0.5) is 0 Å². The van der Waals surface area contributed by atoms with Crippen LogP contribution in [0.2, 0.25) is 0 Å². The minimum absolute atomic E-state index is 0. The summed E-state index contributed by atoms with van der Waals surface area (Å²) in [7, 11) is 0. The molecule has 6 heteroatoms. The number of hydrogen-bond donors (Lipinski definition) is 0. The standard InChI is InChI=1S/C23H37N2.C16H14N2.2ClH/c1-3-4-5-6-7-8-9-10-11-15-18-24-19-20-25(22(24)2)21-23-16-13-12-14-17-23;1-3-7-14(8-4-1)13-18-12-11-17-16(18)15-9-5-2-6-10-15;;/h12-14,16-17,19-20H,3-11,15,18,21H2,1-2H3;1-12H,13H2;2*1H/q+1;;;/p-1. The predicted octanol–water partition coefficient (Wildman–Crippen LogP) is 7.08. The van der Waals surface area contributed by atoms with Crippen LogP contribution in [0.5, 0.6) is 0 Å². The van der Waals surface area contributed by atoms with Crippen molar-refractivity contribution in [3.8, 4) is 11.4 Å². The first-order valence-electron chi connectivity index (χ1n) is 16.4. The number of imidazole rings is 2. The maximum Gasteiger partial charge on any atom is 0.253 e. The Morgan fingerprint density at radius 2 is 1.16 bits per heavy atom. The highest BCUT2D eigenvalue weighted by Gasteiger charge is 2.12. The Morgan fingerprint density at radius 1 is 0.622 bits per heavy atom. The molecule has 45 heavy (non-hydrogen) atoms. The fraction of sp³-hybridized carbons (Fsp3) is 0.385. The highest BCUT2D eigenvalue weighted by Crippen LogP contribution is 2.18. The Bertz CT molecular complexity index is 1420. The van der Waals surface area contributed by atoms with Gasteiger partial charge in [-0.05, 0) is 24.0 Å². The lowest BCUT2D eigenvalue weighted by molar-refractivity contribution is -0.694. The van der Waals surface area contributed by atoms with E-state index in [0.29, 0.717) is 0 Å². The van der Waals surface area contributed by atoms with Gasteiger partial charge in [-0.1, -0.05) is 149 Å². The van der Waals surface area contributed by atoms with Crippen molar-refractivity contribution in [3.63, 3.8) is 0 Å². The molecule has 0 spiro atoms. The molecule has 0 aliphatic rings. The van der Waals surface area contributed by atoms with Gasteiger partial charge in [0.05, 0.1) is 6.54 Å². The number of nitrogens with zero attached hydrogens (tertiary/aromatic N) is 4. The highest BCUT2D eigenvalue weighted by atomic mass is 35.5. The molecule has 5 aromatic rings. The van der Waals surface area contributed by atoms with E-state index in [1.165, 1.54) is 81.2 Å². The Balaban J connectivity index is 0.000000313. The van der Waals surface area contributed by atoms with E-state index in [4.69, 9.17) is 0 Å². The van der Waals surface area contributed by atoms with Crippen molar-refractivity contribution in [1.82, 2.24) is 14.1 Å². The summed E-state index contributed by atoms with van der Waals surface area (Å²) in [5.41, 5.74) is 3.80. The van der Waals surface area contributed by atoms with Crippen LogP contribution in [-0.4, -0.2) is 14.1 Å². The molecule has 0 fully saturated rings. The summed E-state index contributed by atoms with van der Waals surface area (Å²) in [6, 6.07) is 31.4. The molecule has 5 rings (SSSR count). The van der Waals surface area contributed by atoms with Gasteiger partial charge in [-0.2, -0.15) is 0 Å². The summed E-state index contributed by atoms with van der Waals surface area (Å²) < 4.78 is 6.93. The van der Waals surface area contributed by atoms with Crippen LogP contribution in [0.15, 0.2) is 116 Å². The van der Waals surface area contributed by atoms with Crippen molar-refractivity contribution >= 4 is 12.4 Å². The van der Waals surface area contributed by atoms with Crippen LogP contribution in [0.1, 0.15) is 88.1 Å². The lowest BCUT2D eigenvalue weighted by atomic mass is 10.1. The molecule has 0 unspecified atom stereocenters. The second kappa shape index (κ2) is 22.2. The van der Waals surface area contributed by atoms with Gasteiger partial charge in [0.25, 0.3) is 5.82 Å². The molecule has 2 aromatic heterocycles. The lowest BCUT2D eigenvalue weighted by Gasteiger charge is -2.07. The molecule has 0 radical (unpaired) electrons. The molecule has 242 valence electrons. The minimum atomic E-state index is 0. The van der Waals surface area contributed by atoms with Crippen molar-refractivity contribution in [2.75, 3.05) is 0 Å². The zero-order chi connectivity index (χ0) is 30.0. The maximum absolute atomic E-state index is 4.45. The molecule has 3 aromatic carbocycles.